The molecule has 2 aromatic carbocycles. The van der Waals surface area contributed by atoms with Gasteiger partial charge in [-0.3, -0.25) is 10.1 Å². The number of nitrogens with zero attached hydrogens (tertiary/aromatic N) is 1. The quantitative estimate of drug-likeness (QED) is 0.376. The number of non-ortho nitro benzene ring substituents is 1. The number of hydrogen-bond acceptors (Lipinski definition) is 5. The van der Waals surface area contributed by atoms with E-state index >= 15 is 0 Å². The molecule has 0 aliphatic rings. The maximum atomic E-state index is 11.2. The Labute approximate surface area is 160 Å². The van der Waals surface area contributed by atoms with Gasteiger partial charge in [0, 0.05) is 18.7 Å². The summed E-state index contributed by atoms with van der Waals surface area (Å²) in [5.41, 5.74) is 1.12. The molecule has 2 aromatic rings. The molecule has 8 nitrogen and oxygen atoms in total. The number of sulfonamides is 1. The molecule has 0 heterocycles. The molecule has 138 valence electrons. The van der Waals surface area contributed by atoms with E-state index in [1.807, 2.05) is 0 Å². The average Bonchev–Trinajstić information content (AvgIpc) is 2.56. The first-order valence-corrected chi connectivity index (χ1v) is 9.60. The largest absolute Gasteiger partial charge is 0.362 e. The van der Waals surface area contributed by atoms with Gasteiger partial charge in [-0.25, -0.2) is 13.6 Å². The first-order chi connectivity index (χ1) is 12.2. The Bertz CT molecular complexity index is 933. The van der Waals surface area contributed by atoms with Crippen molar-refractivity contribution < 1.29 is 13.3 Å². The fourth-order valence-corrected chi connectivity index (χ4v) is 2.95. The summed E-state index contributed by atoms with van der Waals surface area (Å²) in [5, 5.41) is 22.2. The van der Waals surface area contributed by atoms with Crippen LogP contribution < -0.4 is 15.8 Å². The third kappa shape index (κ3) is 5.63. The van der Waals surface area contributed by atoms with Crippen molar-refractivity contribution in [3.8, 4) is 0 Å². The lowest BCUT2D eigenvalue weighted by atomic mass is 10.1. The Balaban J connectivity index is 1.89. The summed E-state index contributed by atoms with van der Waals surface area (Å²) in [4.78, 5) is 10.3. The molecule has 0 bridgehead atoms. The van der Waals surface area contributed by atoms with Gasteiger partial charge < -0.3 is 10.6 Å². The fourth-order valence-electron chi connectivity index (χ4n) is 2.06. The topological polar surface area (TPSA) is 127 Å². The average molecular weight is 415 g/mol. The normalized spacial score (nSPS) is 11.0. The van der Waals surface area contributed by atoms with Crippen LogP contribution in [0.3, 0.4) is 0 Å². The van der Waals surface area contributed by atoms with Crippen molar-refractivity contribution in [3.05, 3.63) is 63.2 Å². The summed E-state index contributed by atoms with van der Waals surface area (Å²) < 4.78 is 22.4. The Kier molecular flexibility index (Phi) is 6.48. The van der Waals surface area contributed by atoms with Gasteiger partial charge in [0.25, 0.3) is 5.69 Å². The lowest BCUT2D eigenvalue weighted by Crippen LogP contribution is -2.30. The molecule has 0 radical (unpaired) electrons. The summed E-state index contributed by atoms with van der Waals surface area (Å²) in [6, 6.07) is 10.2. The molecule has 0 saturated heterocycles. The van der Waals surface area contributed by atoms with E-state index in [2.05, 4.69) is 10.6 Å². The first kappa shape index (κ1) is 20.0. The molecule has 0 aromatic heterocycles. The fraction of sp³-hybridized carbons (Fsp3) is 0.133. The molecule has 0 atom stereocenters. The molecule has 0 spiro atoms. The lowest BCUT2D eigenvalue weighted by Gasteiger charge is -2.11. The Morgan fingerprint density at radius 1 is 1.23 bits per heavy atom. The number of halogens is 1. The van der Waals surface area contributed by atoms with Gasteiger partial charge in [-0.2, -0.15) is 0 Å². The van der Waals surface area contributed by atoms with Crippen LogP contribution in [-0.4, -0.2) is 25.0 Å². The van der Waals surface area contributed by atoms with Crippen LogP contribution in [0.25, 0.3) is 0 Å². The SMILES string of the molecule is NS(=O)(=O)c1ccc(CCNC(=S)Nc2cc([N+](=O)[O-])ccc2Cl)cc1. The minimum atomic E-state index is -3.71. The number of rotatable bonds is 6. The highest BCUT2D eigenvalue weighted by Gasteiger charge is 2.11. The second-order valence-electron chi connectivity index (χ2n) is 5.24. The summed E-state index contributed by atoms with van der Waals surface area (Å²) >= 11 is 11.1. The number of anilines is 1. The van der Waals surface area contributed by atoms with Crippen molar-refractivity contribution in [2.24, 2.45) is 5.14 Å². The molecule has 0 aliphatic heterocycles. The van der Waals surface area contributed by atoms with Crippen LogP contribution in [0.15, 0.2) is 47.4 Å². The minimum absolute atomic E-state index is 0.0479. The maximum absolute atomic E-state index is 11.2. The van der Waals surface area contributed by atoms with E-state index < -0.39 is 14.9 Å². The van der Waals surface area contributed by atoms with Crippen LogP contribution in [-0.2, 0) is 16.4 Å². The predicted molar refractivity (Wildman–Crippen MR) is 104 cm³/mol. The third-order valence-corrected chi connectivity index (χ3v) is 4.87. The monoisotopic (exact) mass is 414 g/mol. The van der Waals surface area contributed by atoms with E-state index in [0.29, 0.717) is 23.7 Å². The number of primary sulfonamides is 1. The van der Waals surface area contributed by atoms with Crippen molar-refractivity contribution in [1.82, 2.24) is 5.32 Å². The zero-order chi connectivity index (χ0) is 19.3. The predicted octanol–water partition coefficient (Wildman–Crippen LogP) is 2.42. The maximum Gasteiger partial charge on any atom is 0.271 e. The minimum Gasteiger partial charge on any atom is -0.362 e. The smallest absolute Gasteiger partial charge is 0.271 e. The van der Waals surface area contributed by atoms with Gasteiger partial charge in [0.15, 0.2) is 5.11 Å². The Hall–Kier alpha value is -2.27. The van der Waals surface area contributed by atoms with Crippen molar-refractivity contribution >= 4 is 50.3 Å². The van der Waals surface area contributed by atoms with Gasteiger partial charge in [0.05, 0.1) is 20.5 Å². The van der Waals surface area contributed by atoms with E-state index in [9.17, 15) is 18.5 Å². The number of thiocarbonyl (C=S) groups is 1. The van der Waals surface area contributed by atoms with Crippen LogP contribution in [0.4, 0.5) is 11.4 Å². The Morgan fingerprint density at radius 3 is 2.46 bits per heavy atom. The molecule has 11 heteroatoms. The number of nitrogens with one attached hydrogen (secondary N) is 2. The van der Waals surface area contributed by atoms with Crippen LogP contribution in [0.5, 0.6) is 0 Å². The highest BCUT2D eigenvalue weighted by Crippen LogP contribution is 2.26. The Morgan fingerprint density at radius 2 is 1.88 bits per heavy atom. The van der Waals surface area contributed by atoms with Gasteiger partial charge in [0.1, 0.15) is 0 Å². The second kappa shape index (κ2) is 8.41. The molecule has 0 aliphatic carbocycles. The van der Waals surface area contributed by atoms with Crippen LogP contribution in [0.1, 0.15) is 5.56 Å². The van der Waals surface area contributed by atoms with Crippen LogP contribution in [0.2, 0.25) is 5.02 Å². The van der Waals surface area contributed by atoms with E-state index in [1.54, 1.807) is 12.1 Å². The van der Waals surface area contributed by atoms with E-state index in [-0.39, 0.29) is 15.7 Å². The molecule has 2 rings (SSSR count). The molecule has 4 N–H and O–H groups in total. The third-order valence-electron chi connectivity index (χ3n) is 3.36. The molecular formula is C15H15ClN4O4S2. The lowest BCUT2D eigenvalue weighted by molar-refractivity contribution is -0.384. The number of benzene rings is 2. The zero-order valence-electron chi connectivity index (χ0n) is 13.3. The summed E-state index contributed by atoms with van der Waals surface area (Å²) in [7, 11) is -3.71. The van der Waals surface area contributed by atoms with Crippen LogP contribution >= 0.6 is 23.8 Å². The van der Waals surface area contributed by atoms with Crippen LogP contribution in [0, 0.1) is 10.1 Å². The standard InChI is InChI=1S/C15H15ClN4O4S2/c16-13-6-3-11(20(21)22)9-14(13)19-15(25)18-8-7-10-1-4-12(5-2-10)26(17,23)24/h1-6,9H,7-8H2,(H2,17,23,24)(H2,18,19,25). The number of hydrogen-bond donors (Lipinski definition) is 3. The van der Waals surface area contributed by atoms with Gasteiger partial charge in [-0.1, -0.05) is 23.7 Å². The molecular weight excluding hydrogens is 400 g/mol. The highest BCUT2D eigenvalue weighted by atomic mass is 35.5. The highest BCUT2D eigenvalue weighted by molar-refractivity contribution is 7.89. The van der Waals surface area contributed by atoms with Gasteiger partial charge >= 0.3 is 0 Å². The number of nitrogens with two attached hydrogens (primary N) is 1. The second-order valence-corrected chi connectivity index (χ2v) is 7.62. The van der Waals surface area contributed by atoms with Crippen molar-refractivity contribution in [1.29, 1.82) is 0 Å². The molecule has 0 fully saturated rings. The van der Waals surface area contributed by atoms with E-state index in [0.717, 1.165) is 5.56 Å². The number of nitro groups is 1. The van der Waals surface area contributed by atoms with Gasteiger partial charge in [-0.05, 0) is 42.4 Å². The molecule has 0 unspecified atom stereocenters. The first-order valence-electron chi connectivity index (χ1n) is 7.27. The summed E-state index contributed by atoms with van der Waals surface area (Å²) in [5.74, 6) is 0. The number of nitro benzene ring substituents is 1. The summed E-state index contributed by atoms with van der Waals surface area (Å²) in [6.07, 6.45) is 0.579. The molecule has 0 saturated carbocycles. The van der Waals surface area contributed by atoms with Crippen molar-refractivity contribution in [2.75, 3.05) is 11.9 Å². The van der Waals surface area contributed by atoms with E-state index in [1.165, 1.54) is 30.3 Å². The van der Waals surface area contributed by atoms with E-state index in [4.69, 9.17) is 29.0 Å². The van der Waals surface area contributed by atoms with Gasteiger partial charge in [-0.15, -0.1) is 0 Å². The molecule has 0 amide bonds. The zero-order valence-corrected chi connectivity index (χ0v) is 15.7. The van der Waals surface area contributed by atoms with Crippen molar-refractivity contribution in [3.63, 3.8) is 0 Å². The summed E-state index contributed by atoms with van der Waals surface area (Å²) in [6.45, 7) is 0.465. The van der Waals surface area contributed by atoms with Gasteiger partial charge in [0.2, 0.25) is 10.0 Å². The molecule has 26 heavy (non-hydrogen) atoms. The van der Waals surface area contributed by atoms with Crippen molar-refractivity contribution in [2.45, 2.75) is 11.3 Å².